The standard InChI is InChI=1S/C19H39NO3/c1-3-5-7-9-11-13-15-20(18(17-21)19(22)23)16-14-12-10-8-6-4-2/h18,21H,3-17H2,1-2H3,(H,22,23). The van der Waals surface area contributed by atoms with Crippen LogP contribution in [0.15, 0.2) is 0 Å². The van der Waals surface area contributed by atoms with Gasteiger partial charge < -0.3 is 10.2 Å². The van der Waals surface area contributed by atoms with E-state index in [2.05, 4.69) is 13.8 Å². The lowest BCUT2D eigenvalue weighted by Crippen LogP contribution is -2.44. The minimum atomic E-state index is -0.899. The van der Waals surface area contributed by atoms with Crippen molar-refractivity contribution in [2.45, 2.75) is 96.9 Å². The molecule has 4 nitrogen and oxygen atoms in total. The average Bonchev–Trinajstić information content (AvgIpc) is 2.53. The molecule has 1 unspecified atom stereocenters. The van der Waals surface area contributed by atoms with E-state index in [-0.39, 0.29) is 6.61 Å². The molecule has 0 bridgehead atoms. The molecular formula is C19H39NO3. The third kappa shape index (κ3) is 12.5. The topological polar surface area (TPSA) is 60.8 Å². The van der Waals surface area contributed by atoms with E-state index in [1.165, 1.54) is 51.4 Å². The van der Waals surface area contributed by atoms with E-state index in [1.54, 1.807) is 0 Å². The molecule has 0 heterocycles. The van der Waals surface area contributed by atoms with Crippen molar-refractivity contribution < 1.29 is 15.0 Å². The molecule has 0 amide bonds. The Balaban J connectivity index is 4.06. The molecule has 23 heavy (non-hydrogen) atoms. The molecule has 0 aromatic carbocycles. The van der Waals surface area contributed by atoms with Crippen molar-refractivity contribution in [3.8, 4) is 0 Å². The Kier molecular flexibility index (Phi) is 15.8. The zero-order chi connectivity index (χ0) is 17.3. The van der Waals surface area contributed by atoms with E-state index in [4.69, 9.17) is 0 Å². The molecule has 0 aliphatic rings. The largest absolute Gasteiger partial charge is 0.480 e. The molecule has 0 fully saturated rings. The number of aliphatic hydroxyl groups excluding tert-OH is 1. The zero-order valence-electron chi connectivity index (χ0n) is 15.4. The molecule has 0 saturated heterocycles. The van der Waals surface area contributed by atoms with Gasteiger partial charge in [-0.15, -0.1) is 0 Å². The number of rotatable bonds is 17. The summed E-state index contributed by atoms with van der Waals surface area (Å²) in [5.41, 5.74) is 0. The van der Waals surface area contributed by atoms with Crippen molar-refractivity contribution in [3.63, 3.8) is 0 Å². The number of nitrogens with zero attached hydrogens (tertiary/aromatic N) is 1. The van der Waals surface area contributed by atoms with Crippen LogP contribution in [0, 0.1) is 0 Å². The second-order valence-corrected chi connectivity index (χ2v) is 6.61. The SMILES string of the molecule is CCCCCCCCN(CCCCCCCC)C(CO)C(=O)O. The van der Waals surface area contributed by atoms with E-state index in [1.807, 2.05) is 4.90 Å². The van der Waals surface area contributed by atoms with Crippen LogP contribution in [0.4, 0.5) is 0 Å². The van der Waals surface area contributed by atoms with Crippen LogP contribution in [0.3, 0.4) is 0 Å². The van der Waals surface area contributed by atoms with Crippen LogP contribution in [0.5, 0.6) is 0 Å². The average molecular weight is 330 g/mol. The van der Waals surface area contributed by atoms with Crippen molar-refractivity contribution in [2.24, 2.45) is 0 Å². The third-order valence-corrected chi connectivity index (χ3v) is 4.50. The maximum absolute atomic E-state index is 11.3. The molecule has 0 spiro atoms. The molecule has 2 N–H and O–H groups in total. The molecule has 0 aromatic rings. The van der Waals surface area contributed by atoms with Crippen LogP contribution < -0.4 is 0 Å². The van der Waals surface area contributed by atoms with Gasteiger partial charge in [0.2, 0.25) is 0 Å². The predicted octanol–water partition coefficient (Wildman–Crippen LogP) is 4.45. The van der Waals surface area contributed by atoms with Crippen LogP contribution in [0.2, 0.25) is 0 Å². The van der Waals surface area contributed by atoms with Crippen molar-refractivity contribution in [1.82, 2.24) is 4.90 Å². The van der Waals surface area contributed by atoms with Crippen LogP contribution in [0.1, 0.15) is 90.9 Å². The monoisotopic (exact) mass is 329 g/mol. The van der Waals surface area contributed by atoms with Gasteiger partial charge in [0.15, 0.2) is 0 Å². The number of aliphatic carboxylic acids is 1. The first-order valence-corrected chi connectivity index (χ1v) is 9.75. The molecule has 0 aliphatic carbocycles. The number of aliphatic hydroxyl groups is 1. The van der Waals surface area contributed by atoms with Crippen LogP contribution >= 0.6 is 0 Å². The molecule has 138 valence electrons. The summed E-state index contributed by atoms with van der Waals surface area (Å²) in [6.45, 7) is 5.71. The Morgan fingerprint density at radius 2 is 1.17 bits per heavy atom. The Hall–Kier alpha value is -0.610. The summed E-state index contributed by atoms with van der Waals surface area (Å²) < 4.78 is 0. The zero-order valence-corrected chi connectivity index (χ0v) is 15.4. The Morgan fingerprint density at radius 3 is 1.52 bits per heavy atom. The Labute approximate surface area is 143 Å². The lowest BCUT2D eigenvalue weighted by atomic mass is 10.1. The molecule has 0 radical (unpaired) electrons. The smallest absolute Gasteiger partial charge is 0.323 e. The fourth-order valence-electron chi connectivity index (χ4n) is 2.96. The number of hydrogen-bond acceptors (Lipinski definition) is 3. The number of carboxylic acids is 1. The molecular weight excluding hydrogens is 290 g/mol. The number of unbranched alkanes of at least 4 members (excludes halogenated alkanes) is 10. The summed E-state index contributed by atoms with van der Waals surface area (Å²) >= 11 is 0. The highest BCUT2D eigenvalue weighted by atomic mass is 16.4. The maximum atomic E-state index is 11.3. The van der Waals surface area contributed by atoms with Gasteiger partial charge >= 0.3 is 5.97 Å². The van der Waals surface area contributed by atoms with Gasteiger partial charge in [0.05, 0.1) is 6.61 Å². The van der Waals surface area contributed by atoms with Crippen molar-refractivity contribution >= 4 is 5.97 Å². The second kappa shape index (κ2) is 16.3. The second-order valence-electron chi connectivity index (χ2n) is 6.61. The molecule has 1 atom stereocenters. The van der Waals surface area contributed by atoms with Crippen LogP contribution in [0.25, 0.3) is 0 Å². The van der Waals surface area contributed by atoms with Gasteiger partial charge in [-0.2, -0.15) is 0 Å². The number of carbonyl (C=O) groups is 1. The highest BCUT2D eigenvalue weighted by Crippen LogP contribution is 2.11. The molecule has 4 heteroatoms. The quantitative estimate of drug-likeness (QED) is 0.387. The molecule has 0 rings (SSSR count). The summed E-state index contributed by atoms with van der Waals surface area (Å²) in [6, 6.07) is -0.735. The fourth-order valence-corrected chi connectivity index (χ4v) is 2.96. The summed E-state index contributed by atoms with van der Waals surface area (Å²) in [5.74, 6) is -0.899. The first-order chi connectivity index (χ1) is 11.2. The summed E-state index contributed by atoms with van der Waals surface area (Å²) in [6.07, 6.45) is 14.5. The first-order valence-electron chi connectivity index (χ1n) is 9.75. The summed E-state index contributed by atoms with van der Waals surface area (Å²) in [4.78, 5) is 13.3. The van der Waals surface area contributed by atoms with Gasteiger partial charge in [0.1, 0.15) is 6.04 Å². The molecule has 0 aromatic heterocycles. The predicted molar refractivity (Wildman–Crippen MR) is 96.8 cm³/mol. The van der Waals surface area contributed by atoms with Gasteiger partial charge in [-0.3, -0.25) is 9.69 Å². The van der Waals surface area contributed by atoms with Gasteiger partial charge in [-0.25, -0.2) is 0 Å². The lowest BCUT2D eigenvalue weighted by Gasteiger charge is -2.27. The van der Waals surface area contributed by atoms with E-state index in [0.717, 1.165) is 38.8 Å². The Bertz CT molecular complexity index is 255. The lowest BCUT2D eigenvalue weighted by molar-refractivity contribution is -0.145. The van der Waals surface area contributed by atoms with Gasteiger partial charge in [-0.05, 0) is 25.9 Å². The highest BCUT2D eigenvalue weighted by Gasteiger charge is 2.23. The van der Waals surface area contributed by atoms with Gasteiger partial charge in [-0.1, -0.05) is 78.1 Å². The van der Waals surface area contributed by atoms with Crippen LogP contribution in [-0.4, -0.2) is 46.8 Å². The molecule has 0 aliphatic heterocycles. The minimum Gasteiger partial charge on any atom is -0.480 e. The molecule has 0 saturated carbocycles. The Morgan fingerprint density at radius 1 is 0.783 bits per heavy atom. The van der Waals surface area contributed by atoms with E-state index in [0.29, 0.717) is 0 Å². The van der Waals surface area contributed by atoms with E-state index in [9.17, 15) is 15.0 Å². The van der Waals surface area contributed by atoms with Gasteiger partial charge in [0, 0.05) is 0 Å². The maximum Gasteiger partial charge on any atom is 0.323 e. The first kappa shape index (κ1) is 22.4. The number of carboxylic acid groups (broad SMARTS) is 1. The third-order valence-electron chi connectivity index (χ3n) is 4.50. The van der Waals surface area contributed by atoms with Crippen molar-refractivity contribution in [3.05, 3.63) is 0 Å². The van der Waals surface area contributed by atoms with Gasteiger partial charge in [0.25, 0.3) is 0 Å². The van der Waals surface area contributed by atoms with Crippen molar-refractivity contribution in [1.29, 1.82) is 0 Å². The fraction of sp³-hybridized carbons (Fsp3) is 0.947. The van der Waals surface area contributed by atoms with E-state index < -0.39 is 12.0 Å². The van der Waals surface area contributed by atoms with Crippen molar-refractivity contribution in [2.75, 3.05) is 19.7 Å². The summed E-state index contributed by atoms with van der Waals surface area (Å²) in [7, 11) is 0. The van der Waals surface area contributed by atoms with Crippen LogP contribution in [-0.2, 0) is 4.79 Å². The summed E-state index contributed by atoms with van der Waals surface area (Å²) in [5, 5.41) is 18.7. The minimum absolute atomic E-state index is 0.291. The highest BCUT2D eigenvalue weighted by molar-refractivity contribution is 5.73. The van der Waals surface area contributed by atoms with E-state index >= 15 is 0 Å². The number of hydrogen-bond donors (Lipinski definition) is 2. The normalized spacial score (nSPS) is 12.7.